The molecule has 0 amide bonds. The smallest absolute Gasteiger partial charge is 0.276 e. The molecule has 9 heteroatoms. The highest BCUT2D eigenvalue weighted by Gasteiger charge is 2.22. The first kappa shape index (κ1) is 14.9. The summed E-state index contributed by atoms with van der Waals surface area (Å²) in [4.78, 5) is 33.4. The second-order valence-electron chi connectivity index (χ2n) is 4.45. The van der Waals surface area contributed by atoms with E-state index in [2.05, 4.69) is 15.0 Å². The van der Waals surface area contributed by atoms with Crippen molar-refractivity contribution in [1.82, 2.24) is 15.0 Å². The van der Waals surface area contributed by atoms with Crippen LogP contribution in [0.5, 0.6) is 0 Å². The van der Waals surface area contributed by atoms with Crippen LogP contribution < -0.4 is 11.3 Å². The van der Waals surface area contributed by atoms with E-state index < -0.39 is 11.3 Å². The first-order valence-electron chi connectivity index (χ1n) is 5.94. The molecule has 22 heavy (non-hydrogen) atoms. The Labute approximate surface area is 138 Å². The Morgan fingerprint density at radius 1 is 1.18 bits per heavy atom. The summed E-state index contributed by atoms with van der Waals surface area (Å²) < 4.78 is 0. The van der Waals surface area contributed by atoms with E-state index in [-0.39, 0.29) is 38.2 Å². The lowest BCUT2D eigenvalue weighted by molar-refractivity contribution is 0.104. The standard InChI is InChI=1S/C13H7Cl3N4O2/c14-4-1-6(15)8(7(16)2-4)11(21)5-3-18-10-9(5)19-13(17)20-12(10)22/h1-3,18H,(H3,17,19,20,22). The minimum Gasteiger partial charge on any atom is -0.369 e. The average Bonchev–Trinajstić information content (AvgIpc) is 2.81. The van der Waals surface area contributed by atoms with Gasteiger partial charge in [0.25, 0.3) is 5.56 Å². The summed E-state index contributed by atoms with van der Waals surface area (Å²) in [5.74, 6) is -0.588. The van der Waals surface area contributed by atoms with Gasteiger partial charge in [0.1, 0.15) is 11.0 Å². The van der Waals surface area contributed by atoms with Gasteiger partial charge in [-0.1, -0.05) is 34.8 Å². The molecule has 0 bridgehead atoms. The molecule has 2 heterocycles. The molecular formula is C13H7Cl3N4O2. The van der Waals surface area contributed by atoms with Crippen molar-refractivity contribution in [2.75, 3.05) is 5.73 Å². The van der Waals surface area contributed by atoms with Crippen molar-refractivity contribution in [3.05, 3.63) is 54.9 Å². The average molecular weight is 358 g/mol. The number of ketones is 1. The van der Waals surface area contributed by atoms with Crippen LogP contribution in [0.3, 0.4) is 0 Å². The number of benzene rings is 1. The van der Waals surface area contributed by atoms with Gasteiger partial charge in [0.15, 0.2) is 5.78 Å². The summed E-state index contributed by atoms with van der Waals surface area (Å²) in [5, 5.41) is 0.522. The number of aromatic nitrogens is 3. The number of nitrogen functional groups attached to an aromatic ring is 1. The van der Waals surface area contributed by atoms with Crippen LogP contribution in [0.2, 0.25) is 15.1 Å². The maximum Gasteiger partial charge on any atom is 0.276 e. The number of carbonyl (C=O) groups is 1. The van der Waals surface area contributed by atoms with Gasteiger partial charge in [0.2, 0.25) is 5.95 Å². The fourth-order valence-corrected chi connectivity index (χ4v) is 3.09. The van der Waals surface area contributed by atoms with E-state index >= 15 is 0 Å². The van der Waals surface area contributed by atoms with Crippen molar-refractivity contribution in [2.45, 2.75) is 0 Å². The SMILES string of the molecule is Nc1nc2c(C(=O)c3c(Cl)cc(Cl)cc3Cl)c[nH]c2c(=O)[nH]1. The highest BCUT2D eigenvalue weighted by molar-refractivity contribution is 6.43. The monoisotopic (exact) mass is 356 g/mol. The number of rotatable bonds is 2. The van der Waals surface area contributed by atoms with Gasteiger partial charge in [-0.3, -0.25) is 14.6 Å². The number of fused-ring (bicyclic) bond motifs is 1. The van der Waals surface area contributed by atoms with Gasteiger partial charge in [0, 0.05) is 11.2 Å². The van der Waals surface area contributed by atoms with E-state index in [9.17, 15) is 9.59 Å². The second-order valence-corrected chi connectivity index (χ2v) is 5.70. The van der Waals surface area contributed by atoms with E-state index in [1.807, 2.05) is 0 Å². The Morgan fingerprint density at radius 3 is 2.45 bits per heavy atom. The van der Waals surface area contributed by atoms with E-state index in [4.69, 9.17) is 40.5 Å². The summed E-state index contributed by atoms with van der Waals surface area (Å²) in [7, 11) is 0. The lowest BCUT2D eigenvalue weighted by Crippen LogP contribution is -2.12. The number of nitrogens with two attached hydrogens (primary N) is 1. The van der Waals surface area contributed by atoms with Crippen LogP contribution in [0.15, 0.2) is 23.1 Å². The Hall–Kier alpha value is -2.02. The molecule has 112 valence electrons. The summed E-state index contributed by atoms with van der Waals surface area (Å²) in [6.45, 7) is 0. The lowest BCUT2D eigenvalue weighted by atomic mass is 10.0. The van der Waals surface area contributed by atoms with Crippen LogP contribution in [-0.2, 0) is 0 Å². The second kappa shape index (κ2) is 5.31. The van der Waals surface area contributed by atoms with Gasteiger partial charge in [-0.2, -0.15) is 0 Å². The molecule has 0 spiro atoms. The number of H-pyrrole nitrogens is 2. The van der Waals surface area contributed by atoms with Gasteiger partial charge < -0.3 is 10.7 Å². The molecule has 0 saturated carbocycles. The summed E-state index contributed by atoms with van der Waals surface area (Å²) >= 11 is 17.9. The van der Waals surface area contributed by atoms with E-state index in [0.717, 1.165) is 0 Å². The van der Waals surface area contributed by atoms with Crippen LogP contribution in [-0.4, -0.2) is 20.7 Å². The number of hydrogen-bond acceptors (Lipinski definition) is 4. The minimum atomic E-state index is -0.490. The Morgan fingerprint density at radius 2 is 1.82 bits per heavy atom. The zero-order valence-corrected chi connectivity index (χ0v) is 13.0. The Balaban J connectivity index is 2.25. The number of anilines is 1. The Bertz CT molecular complexity index is 954. The quantitative estimate of drug-likeness (QED) is 0.613. The van der Waals surface area contributed by atoms with Crippen molar-refractivity contribution < 1.29 is 4.79 Å². The molecule has 3 rings (SSSR count). The topological polar surface area (TPSA) is 105 Å². The van der Waals surface area contributed by atoms with Crippen molar-refractivity contribution in [1.29, 1.82) is 0 Å². The van der Waals surface area contributed by atoms with Crippen molar-refractivity contribution >= 4 is 57.6 Å². The molecule has 0 saturated heterocycles. The van der Waals surface area contributed by atoms with Gasteiger partial charge in [0.05, 0.1) is 21.2 Å². The van der Waals surface area contributed by atoms with Crippen molar-refractivity contribution in [2.24, 2.45) is 0 Å². The number of nitrogens with one attached hydrogen (secondary N) is 2. The summed E-state index contributed by atoms with van der Waals surface area (Å²) in [6, 6.07) is 2.82. The number of carbonyl (C=O) groups excluding carboxylic acids is 1. The molecule has 0 radical (unpaired) electrons. The molecule has 2 aromatic heterocycles. The van der Waals surface area contributed by atoms with E-state index in [1.54, 1.807) is 0 Å². The largest absolute Gasteiger partial charge is 0.369 e. The minimum absolute atomic E-state index is 0.0780. The molecule has 0 aliphatic rings. The molecular weight excluding hydrogens is 351 g/mol. The summed E-state index contributed by atoms with van der Waals surface area (Å²) in [5.41, 5.74) is 5.53. The molecule has 4 N–H and O–H groups in total. The molecule has 0 aliphatic carbocycles. The predicted molar refractivity (Wildman–Crippen MR) is 86.0 cm³/mol. The number of halogens is 3. The first-order valence-corrected chi connectivity index (χ1v) is 7.08. The van der Waals surface area contributed by atoms with Gasteiger partial charge in [-0.05, 0) is 12.1 Å². The molecule has 3 aromatic rings. The van der Waals surface area contributed by atoms with Crippen molar-refractivity contribution in [3.63, 3.8) is 0 Å². The highest BCUT2D eigenvalue weighted by Crippen LogP contribution is 2.31. The van der Waals surface area contributed by atoms with Crippen molar-refractivity contribution in [3.8, 4) is 0 Å². The molecule has 6 nitrogen and oxygen atoms in total. The zero-order chi connectivity index (χ0) is 16.0. The summed E-state index contributed by atoms with van der Waals surface area (Å²) in [6.07, 6.45) is 1.36. The third-order valence-electron chi connectivity index (χ3n) is 3.03. The van der Waals surface area contributed by atoms with Gasteiger partial charge in [-0.25, -0.2) is 4.98 Å². The number of aromatic amines is 2. The van der Waals surface area contributed by atoms with Crippen LogP contribution in [0.1, 0.15) is 15.9 Å². The van der Waals surface area contributed by atoms with E-state index in [1.165, 1.54) is 18.3 Å². The zero-order valence-electron chi connectivity index (χ0n) is 10.7. The first-order chi connectivity index (χ1) is 10.4. The third-order valence-corrected chi connectivity index (χ3v) is 3.85. The number of nitrogens with zero attached hydrogens (tertiary/aromatic N) is 1. The normalized spacial score (nSPS) is 11.0. The maximum atomic E-state index is 12.7. The molecule has 0 atom stereocenters. The van der Waals surface area contributed by atoms with Crippen LogP contribution in [0, 0.1) is 0 Å². The molecule has 0 fully saturated rings. The fourth-order valence-electron chi connectivity index (χ4n) is 2.10. The molecule has 1 aromatic carbocycles. The predicted octanol–water partition coefficient (Wildman–Crippen LogP) is 3.02. The number of hydrogen-bond donors (Lipinski definition) is 3. The fraction of sp³-hybridized carbons (Fsp3) is 0. The maximum absolute atomic E-state index is 12.7. The Kier molecular flexibility index (Phi) is 3.60. The van der Waals surface area contributed by atoms with Crippen LogP contribution >= 0.6 is 34.8 Å². The molecule has 0 unspecified atom stereocenters. The lowest BCUT2D eigenvalue weighted by Gasteiger charge is -2.06. The highest BCUT2D eigenvalue weighted by atomic mass is 35.5. The van der Waals surface area contributed by atoms with Gasteiger partial charge >= 0.3 is 0 Å². The van der Waals surface area contributed by atoms with Crippen LogP contribution in [0.25, 0.3) is 11.0 Å². The molecule has 0 aliphatic heterocycles. The van der Waals surface area contributed by atoms with Crippen LogP contribution in [0.4, 0.5) is 5.95 Å². The van der Waals surface area contributed by atoms with E-state index in [0.29, 0.717) is 5.02 Å². The van der Waals surface area contributed by atoms with Gasteiger partial charge in [-0.15, -0.1) is 0 Å². The third kappa shape index (κ3) is 2.35.